The highest BCUT2D eigenvalue weighted by atomic mass is 16.6. The second-order valence-corrected chi connectivity index (χ2v) is 19.8. The molecule has 0 spiro atoms. The van der Waals surface area contributed by atoms with E-state index in [2.05, 4.69) is 94.9 Å². The third kappa shape index (κ3) is 18.7. The minimum Gasteiger partial charge on any atom is -0.493 e. The lowest BCUT2D eigenvalue weighted by molar-refractivity contribution is -0.160. The average Bonchev–Trinajstić information content (AvgIpc) is 3.11. The van der Waals surface area contributed by atoms with Gasteiger partial charge in [-0.1, -0.05) is 90.8 Å². The van der Waals surface area contributed by atoms with Gasteiger partial charge in [0.25, 0.3) is 0 Å². The number of carbonyl (C=O) groups is 1. The number of hydrogen-bond donors (Lipinski definition) is 0. The second kappa shape index (κ2) is 22.5. The highest BCUT2D eigenvalue weighted by Crippen LogP contribution is 2.41. The fraction of sp³-hybridized carbons (Fsp3) is 0.700. The van der Waals surface area contributed by atoms with Gasteiger partial charge >= 0.3 is 5.97 Å². The highest BCUT2D eigenvalue weighted by molar-refractivity contribution is 5.87. The molecule has 0 radical (unpaired) electrons. The van der Waals surface area contributed by atoms with E-state index in [0.29, 0.717) is 37.4 Å². The topological polar surface area (TPSA) is 72.5 Å². The summed E-state index contributed by atoms with van der Waals surface area (Å²) in [6.45, 7) is 36.8. The van der Waals surface area contributed by atoms with Crippen molar-refractivity contribution >= 4 is 5.97 Å². The van der Waals surface area contributed by atoms with Crippen LogP contribution in [-0.4, -0.2) is 61.4 Å². The Hall–Kier alpha value is -2.87. The maximum Gasteiger partial charge on any atom is 0.333 e. The zero-order valence-corrected chi connectivity index (χ0v) is 38.7. The molecule has 0 saturated heterocycles. The maximum atomic E-state index is 12.5. The number of rotatable bonds is 29. The minimum atomic E-state index is -0.786. The van der Waals surface area contributed by atoms with E-state index in [-0.39, 0.29) is 28.5 Å². The first-order valence-corrected chi connectivity index (χ1v) is 21.6. The Morgan fingerprint density at radius 2 is 1.09 bits per heavy atom. The van der Waals surface area contributed by atoms with Crippen LogP contribution in [0, 0.1) is 10.8 Å². The standard InChI is InChI=1S/C50H82O7/c1-16-45(4,5)30-20-22-34-54-47(8,9)32-36-52-41-26-28-42(29-27-41)53-37-33-48(10,11)55-35-23-21-31-46(6,7)50(14,15)56-38-43(40-24-18-17-19-25-40)49(12,13)57-44(51)39(2)3/h17-19,24-29,43H,2,16,20-23,30-38H2,1,3-15H3. The summed E-state index contributed by atoms with van der Waals surface area (Å²) in [4.78, 5) is 12.5. The molecule has 2 aromatic rings. The van der Waals surface area contributed by atoms with Crippen LogP contribution in [-0.2, 0) is 23.7 Å². The molecule has 1 unspecified atom stereocenters. The van der Waals surface area contributed by atoms with E-state index in [1.807, 2.05) is 56.3 Å². The maximum absolute atomic E-state index is 12.5. The molecule has 0 bridgehead atoms. The second-order valence-electron chi connectivity index (χ2n) is 19.8. The van der Waals surface area contributed by atoms with Crippen LogP contribution in [0.5, 0.6) is 11.5 Å². The van der Waals surface area contributed by atoms with Crippen molar-refractivity contribution in [3.63, 3.8) is 0 Å². The van der Waals surface area contributed by atoms with Gasteiger partial charge in [0, 0.05) is 37.5 Å². The molecule has 2 aromatic carbocycles. The Morgan fingerprint density at radius 3 is 1.54 bits per heavy atom. The van der Waals surface area contributed by atoms with Crippen LogP contribution in [0.1, 0.15) is 166 Å². The average molecular weight is 795 g/mol. The van der Waals surface area contributed by atoms with Crippen molar-refractivity contribution < 1.29 is 33.2 Å². The van der Waals surface area contributed by atoms with E-state index in [9.17, 15) is 4.79 Å². The molecular formula is C50H82O7. The predicted octanol–water partition coefficient (Wildman–Crippen LogP) is 13.1. The minimum absolute atomic E-state index is 0.104. The summed E-state index contributed by atoms with van der Waals surface area (Å²) in [5.41, 5.74) is 0.0583. The Morgan fingerprint density at radius 1 is 0.614 bits per heavy atom. The molecule has 0 saturated carbocycles. The smallest absolute Gasteiger partial charge is 0.333 e. The lowest BCUT2D eigenvalue weighted by atomic mass is 9.73. The molecule has 0 aliphatic rings. The van der Waals surface area contributed by atoms with Gasteiger partial charge in [0.05, 0.1) is 36.6 Å². The van der Waals surface area contributed by atoms with E-state index < -0.39 is 11.2 Å². The molecule has 2 rings (SSSR count). The van der Waals surface area contributed by atoms with E-state index in [0.717, 1.165) is 62.2 Å². The number of unbranched alkanes of at least 4 members (excludes halogenated alkanes) is 2. The molecule has 0 fully saturated rings. The molecule has 7 heteroatoms. The van der Waals surface area contributed by atoms with Crippen molar-refractivity contribution in [3.05, 3.63) is 72.3 Å². The molecule has 324 valence electrons. The molecule has 7 nitrogen and oxygen atoms in total. The molecule has 0 aliphatic carbocycles. The van der Waals surface area contributed by atoms with Crippen molar-refractivity contribution in [2.45, 2.75) is 183 Å². The largest absolute Gasteiger partial charge is 0.493 e. The van der Waals surface area contributed by atoms with Gasteiger partial charge in [0.15, 0.2) is 0 Å². The normalized spacial score (nSPS) is 13.6. The van der Waals surface area contributed by atoms with Crippen molar-refractivity contribution in [1.82, 2.24) is 0 Å². The highest BCUT2D eigenvalue weighted by Gasteiger charge is 2.41. The molecular weight excluding hydrogens is 713 g/mol. The van der Waals surface area contributed by atoms with Gasteiger partial charge in [-0.05, 0) is 129 Å². The number of esters is 1. The van der Waals surface area contributed by atoms with Gasteiger partial charge < -0.3 is 28.4 Å². The third-order valence-electron chi connectivity index (χ3n) is 12.1. The molecule has 0 aromatic heterocycles. The summed E-state index contributed by atoms with van der Waals surface area (Å²) in [6.07, 6.45) is 9.35. The zero-order chi connectivity index (χ0) is 43.0. The van der Waals surface area contributed by atoms with Crippen molar-refractivity contribution in [2.24, 2.45) is 10.8 Å². The summed E-state index contributed by atoms with van der Waals surface area (Å²) in [7, 11) is 0. The molecule has 0 N–H and O–H groups in total. The lowest BCUT2D eigenvalue weighted by Gasteiger charge is -2.44. The van der Waals surface area contributed by atoms with Crippen LogP contribution in [0.2, 0.25) is 0 Å². The van der Waals surface area contributed by atoms with Gasteiger partial charge in [0.2, 0.25) is 0 Å². The summed E-state index contributed by atoms with van der Waals surface area (Å²) < 4.78 is 37.3. The first kappa shape index (κ1) is 50.3. The fourth-order valence-electron chi connectivity index (χ4n) is 6.42. The van der Waals surface area contributed by atoms with Crippen LogP contribution in [0.15, 0.2) is 66.7 Å². The quantitative estimate of drug-likeness (QED) is 0.0461. The van der Waals surface area contributed by atoms with Crippen LogP contribution in [0.4, 0.5) is 0 Å². The number of carbonyl (C=O) groups excluding carboxylic acids is 1. The van der Waals surface area contributed by atoms with E-state index in [4.69, 9.17) is 28.4 Å². The van der Waals surface area contributed by atoms with E-state index in [1.165, 1.54) is 19.3 Å². The molecule has 0 amide bonds. The predicted molar refractivity (Wildman–Crippen MR) is 236 cm³/mol. The summed E-state index contributed by atoms with van der Waals surface area (Å²) >= 11 is 0. The lowest BCUT2D eigenvalue weighted by Crippen LogP contribution is -2.45. The summed E-state index contributed by atoms with van der Waals surface area (Å²) in [5.74, 6) is 1.12. The Kier molecular flexibility index (Phi) is 19.8. The number of ether oxygens (including phenoxy) is 6. The summed E-state index contributed by atoms with van der Waals surface area (Å²) in [6, 6.07) is 18.0. The van der Waals surface area contributed by atoms with Gasteiger partial charge in [-0.3, -0.25) is 0 Å². The first-order valence-electron chi connectivity index (χ1n) is 21.6. The summed E-state index contributed by atoms with van der Waals surface area (Å²) in [5, 5.41) is 0. The molecule has 57 heavy (non-hydrogen) atoms. The van der Waals surface area contributed by atoms with Crippen LogP contribution in [0.3, 0.4) is 0 Å². The first-order chi connectivity index (χ1) is 26.4. The van der Waals surface area contributed by atoms with Gasteiger partial charge in [-0.15, -0.1) is 0 Å². The molecule has 0 aliphatic heterocycles. The van der Waals surface area contributed by atoms with Crippen LogP contribution in [0.25, 0.3) is 0 Å². The van der Waals surface area contributed by atoms with E-state index in [1.54, 1.807) is 6.92 Å². The zero-order valence-electron chi connectivity index (χ0n) is 38.7. The SMILES string of the molecule is C=C(C)C(=O)OC(C)(C)C(COC(C)(C)C(C)(C)CCCCOC(C)(C)CCOc1ccc(OCCC(C)(C)OCCCCC(C)(C)CC)cc1)c1ccccc1. The Labute approximate surface area is 349 Å². The van der Waals surface area contributed by atoms with Gasteiger partial charge in [-0.2, -0.15) is 0 Å². The van der Waals surface area contributed by atoms with Crippen molar-refractivity contribution in [1.29, 1.82) is 0 Å². The Bertz CT molecular complexity index is 1450. The molecule has 0 heterocycles. The Balaban J connectivity index is 1.72. The monoisotopic (exact) mass is 795 g/mol. The van der Waals surface area contributed by atoms with Crippen LogP contribution >= 0.6 is 0 Å². The number of hydrogen-bond acceptors (Lipinski definition) is 7. The van der Waals surface area contributed by atoms with Crippen molar-refractivity contribution in [3.8, 4) is 11.5 Å². The fourth-order valence-corrected chi connectivity index (χ4v) is 6.42. The van der Waals surface area contributed by atoms with Crippen LogP contribution < -0.4 is 9.47 Å². The van der Waals surface area contributed by atoms with Crippen molar-refractivity contribution in [2.75, 3.05) is 33.0 Å². The van der Waals surface area contributed by atoms with Gasteiger partial charge in [0.1, 0.15) is 17.1 Å². The van der Waals surface area contributed by atoms with E-state index >= 15 is 0 Å². The molecule has 1 atom stereocenters. The third-order valence-corrected chi connectivity index (χ3v) is 12.1. The van der Waals surface area contributed by atoms with Gasteiger partial charge in [-0.25, -0.2) is 4.79 Å². The number of benzene rings is 2.